The van der Waals surface area contributed by atoms with Gasteiger partial charge in [-0.3, -0.25) is 29.8 Å². The quantitative estimate of drug-likeness (QED) is 0.401. The molecular weight excluding hydrogens is 536 g/mol. The van der Waals surface area contributed by atoms with Crippen molar-refractivity contribution < 1.29 is 4.74 Å². The summed E-state index contributed by atoms with van der Waals surface area (Å²) in [7, 11) is 0. The van der Waals surface area contributed by atoms with Crippen LogP contribution in [0.3, 0.4) is 0 Å². The molecule has 0 spiro atoms. The first-order chi connectivity index (χ1) is 21.3. The normalized spacial score (nSPS) is 29.7. The molecule has 2 N–H and O–H groups in total. The average molecular weight is 583 g/mol. The minimum absolute atomic E-state index is 0.474. The summed E-state index contributed by atoms with van der Waals surface area (Å²) in [4.78, 5) is 25.4. The molecule has 6 rings (SSSR count). The third-order valence-corrected chi connectivity index (χ3v) is 9.26. The molecule has 4 heterocycles. The maximum absolute atomic E-state index is 7.13. The van der Waals surface area contributed by atoms with Crippen molar-refractivity contribution in [2.24, 2.45) is 20.0 Å². The monoisotopic (exact) mass is 582 g/mol. The maximum atomic E-state index is 7.13. The predicted molar refractivity (Wildman–Crippen MR) is 176 cm³/mol. The second kappa shape index (κ2) is 14.6. The summed E-state index contributed by atoms with van der Waals surface area (Å²) in [6, 6.07) is 21.5. The van der Waals surface area contributed by atoms with E-state index in [9.17, 15) is 0 Å². The van der Waals surface area contributed by atoms with Crippen molar-refractivity contribution in [1.29, 1.82) is 0 Å². The number of aliphatic imine (C=N–C) groups is 4. The summed E-state index contributed by atoms with van der Waals surface area (Å²) in [5, 5.41) is 7.03. The highest BCUT2D eigenvalue weighted by atomic mass is 16.5. The van der Waals surface area contributed by atoms with E-state index in [4.69, 9.17) is 24.7 Å². The van der Waals surface area contributed by atoms with Gasteiger partial charge in [0.2, 0.25) is 0 Å². The Morgan fingerprint density at radius 3 is 1.44 bits per heavy atom. The van der Waals surface area contributed by atoms with Crippen LogP contribution in [0, 0.1) is 0 Å². The lowest BCUT2D eigenvalue weighted by molar-refractivity contribution is -0.151. The maximum Gasteiger partial charge on any atom is 0.189 e. The molecule has 4 unspecified atom stereocenters. The van der Waals surface area contributed by atoms with Gasteiger partial charge < -0.3 is 15.4 Å². The molecule has 0 aromatic heterocycles. The molecule has 4 aliphatic heterocycles. The van der Waals surface area contributed by atoms with Gasteiger partial charge in [0.1, 0.15) is 0 Å². The molecule has 2 fully saturated rings. The lowest BCUT2D eigenvalue weighted by atomic mass is 9.93. The fraction of sp³-hybridized carbons (Fsp3) is 0.529. The van der Waals surface area contributed by atoms with Gasteiger partial charge in [0.15, 0.2) is 23.8 Å². The largest absolute Gasteiger partial charge is 0.324 e. The minimum atomic E-state index is -0.582. The Labute approximate surface area is 256 Å². The van der Waals surface area contributed by atoms with Crippen molar-refractivity contribution in [3.8, 4) is 0 Å². The van der Waals surface area contributed by atoms with E-state index >= 15 is 0 Å². The van der Waals surface area contributed by atoms with Crippen LogP contribution in [0.4, 0.5) is 0 Å². The standard InChI is InChI=1S/C34H46N8O/c1-3-9-29(10-4-1)13-7-15-33(41-25-21-35-22-26-41)31(37-17-19-39-33)43-32-34(40-20-18-38-32,42-27-23-36-24-28-42)16-8-14-30-11-5-2-6-12-30/h1-6,9-12,17-20,31-32,35-36H,7-8,13-16,21-28H2. The number of piperazine rings is 2. The summed E-state index contributed by atoms with van der Waals surface area (Å²) in [5.41, 5.74) is 1.53. The zero-order valence-electron chi connectivity index (χ0n) is 25.2. The number of benzene rings is 2. The first kappa shape index (κ1) is 30.0. The highest BCUT2D eigenvalue weighted by Crippen LogP contribution is 2.38. The molecule has 228 valence electrons. The van der Waals surface area contributed by atoms with Crippen molar-refractivity contribution >= 4 is 24.9 Å². The molecule has 2 aromatic rings. The Kier molecular flexibility index (Phi) is 10.2. The molecule has 0 radical (unpaired) electrons. The van der Waals surface area contributed by atoms with Crippen LogP contribution in [0.25, 0.3) is 0 Å². The van der Waals surface area contributed by atoms with Crippen LogP contribution < -0.4 is 10.6 Å². The second-order valence-electron chi connectivity index (χ2n) is 11.9. The molecule has 4 aliphatic rings. The Hall–Kier alpha value is -3.08. The number of nitrogens with one attached hydrogen (secondary N) is 2. The van der Waals surface area contributed by atoms with E-state index in [-0.39, 0.29) is 0 Å². The highest BCUT2D eigenvalue weighted by Gasteiger charge is 2.51. The SMILES string of the molecule is C1=NC(OC2N=CC=NC2(CCCc2ccccc2)N2CCNCC2)C(CCCc2ccccc2)(N2CCNCC2)N=C1. The van der Waals surface area contributed by atoms with Gasteiger partial charge in [0.25, 0.3) is 0 Å². The third kappa shape index (κ3) is 7.02. The predicted octanol–water partition coefficient (Wildman–Crippen LogP) is 3.21. The van der Waals surface area contributed by atoms with Gasteiger partial charge in [0, 0.05) is 77.2 Å². The molecule has 4 atom stereocenters. The number of nitrogens with zero attached hydrogens (tertiary/aromatic N) is 6. The lowest BCUT2D eigenvalue weighted by Gasteiger charge is -2.51. The molecule has 2 aromatic carbocycles. The van der Waals surface area contributed by atoms with Gasteiger partial charge in [-0.2, -0.15) is 0 Å². The molecule has 9 nitrogen and oxygen atoms in total. The molecule has 0 bridgehead atoms. The van der Waals surface area contributed by atoms with E-state index in [0.717, 1.165) is 90.9 Å². The fourth-order valence-electron chi connectivity index (χ4n) is 7.00. The Bertz CT molecular complexity index is 1160. The van der Waals surface area contributed by atoms with Gasteiger partial charge in [-0.25, -0.2) is 0 Å². The van der Waals surface area contributed by atoms with E-state index in [0.29, 0.717) is 0 Å². The topological polar surface area (TPSA) is 89.2 Å². The summed E-state index contributed by atoms with van der Waals surface area (Å²) in [6.45, 7) is 7.36. The van der Waals surface area contributed by atoms with E-state index in [2.05, 4.69) is 81.1 Å². The first-order valence-corrected chi connectivity index (χ1v) is 16.1. The van der Waals surface area contributed by atoms with E-state index in [1.165, 1.54) is 11.1 Å². The number of hydrogen-bond acceptors (Lipinski definition) is 9. The van der Waals surface area contributed by atoms with Crippen molar-refractivity contribution in [3.05, 3.63) is 71.8 Å². The van der Waals surface area contributed by atoms with Gasteiger partial charge in [0.05, 0.1) is 0 Å². The van der Waals surface area contributed by atoms with Crippen molar-refractivity contribution in [3.63, 3.8) is 0 Å². The van der Waals surface area contributed by atoms with E-state index < -0.39 is 23.8 Å². The van der Waals surface area contributed by atoms with Crippen molar-refractivity contribution in [1.82, 2.24) is 20.4 Å². The average Bonchev–Trinajstić information content (AvgIpc) is 3.08. The van der Waals surface area contributed by atoms with Gasteiger partial charge in [-0.1, -0.05) is 60.7 Å². The lowest BCUT2D eigenvalue weighted by Crippen LogP contribution is -2.65. The zero-order chi connectivity index (χ0) is 29.2. The smallest absolute Gasteiger partial charge is 0.189 e. The van der Waals surface area contributed by atoms with Gasteiger partial charge >= 0.3 is 0 Å². The summed E-state index contributed by atoms with van der Waals surface area (Å²) in [6.07, 6.45) is 12.1. The first-order valence-electron chi connectivity index (χ1n) is 16.1. The number of aryl methyl sites for hydroxylation is 2. The Morgan fingerprint density at radius 1 is 0.605 bits per heavy atom. The summed E-state index contributed by atoms with van der Waals surface area (Å²) in [5.74, 6) is 0. The van der Waals surface area contributed by atoms with E-state index in [1.807, 2.05) is 12.4 Å². The minimum Gasteiger partial charge on any atom is -0.324 e. The number of hydrogen-bond donors (Lipinski definition) is 2. The van der Waals surface area contributed by atoms with Gasteiger partial charge in [-0.05, 0) is 49.7 Å². The molecule has 0 saturated carbocycles. The third-order valence-electron chi connectivity index (χ3n) is 9.26. The molecule has 43 heavy (non-hydrogen) atoms. The van der Waals surface area contributed by atoms with Crippen molar-refractivity contribution in [2.45, 2.75) is 62.3 Å². The number of ether oxygens (including phenoxy) is 1. The molecular formula is C34H46N8O. The highest BCUT2D eigenvalue weighted by molar-refractivity contribution is 6.17. The number of rotatable bonds is 12. The van der Waals surface area contributed by atoms with Crippen LogP contribution in [-0.2, 0) is 17.6 Å². The fourth-order valence-corrected chi connectivity index (χ4v) is 7.00. The van der Waals surface area contributed by atoms with E-state index in [1.54, 1.807) is 12.4 Å². The van der Waals surface area contributed by atoms with Crippen LogP contribution in [-0.4, -0.2) is 111 Å². The van der Waals surface area contributed by atoms with Crippen molar-refractivity contribution in [2.75, 3.05) is 52.4 Å². The zero-order valence-corrected chi connectivity index (χ0v) is 25.2. The summed E-state index contributed by atoms with van der Waals surface area (Å²) >= 11 is 0. The molecule has 2 saturated heterocycles. The Balaban J connectivity index is 1.26. The van der Waals surface area contributed by atoms with Crippen LogP contribution in [0.5, 0.6) is 0 Å². The second-order valence-corrected chi connectivity index (χ2v) is 11.9. The summed E-state index contributed by atoms with van der Waals surface area (Å²) < 4.78 is 7.13. The van der Waals surface area contributed by atoms with Crippen LogP contribution in [0.15, 0.2) is 80.6 Å². The molecule has 0 aliphatic carbocycles. The molecule has 9 heteroatoms. The Morgan fingerprint density at radius 2 is 1.02 bits per heavy atom. The van der Waals surface area contributed by atoms with Crippen LogP contribution in [0.1, 0.15) is 36.8 Å². The van der Waals surface area contributed by atoms with Crippen LogP contribution in [0.2, 0.25) is 0 Å². The van der Waals surface area contributed by atoms with Crippen LogP contribution >= 0.6 is 0 Å². The van der Waals surface area contributed by atoms with Gasteiger partial charge in [-0.15, -0.1) is 0 Å². The molecule has 0 amide bonds.